The third-order valence-corrected chi connectivity index (χ3v) is 6.51. The van der Waals surface area contributed by atoms with Crippen LogP contribution in [0.15, 0.2) is 28.1 Å². The number of anilines is 1. The molecule has 0 N–H and O–H groups in total. The van der Waals surface area contributed by atoms with Crippen LogP contribution >= 0.6 is 11.8 Å². The van der Waals surface area contributed by atoms with Gasteiger partial charge in [-0.3, -0.25) is 14.7 Å². The van der Waals surface area contributed by atoms with Crippen LogP contribution in [-0.2, 0) is 4.79 Å². The summed E-state index contributed by atoms with van der Waals surface area (Å²) in [5.74, 6) is 0.0559. The van der Waals surface area contributed by atoms with Crippen LogP contribution in [0.3, 0.4) is 0 Å². The maximum Gasteiger partial charge on any atom is 0.266 e. The molecule has 4 nitrogen and oxygen atoms in total. The summed E-state index contributed by atoms with van der Waals surface area (Å²) in [7, 11) is 0. The fraction of sp³-hybridized carbons (Fsp3) is 0.478. The molecule has 0 saturated carbocycles. The molecule has 1 aromatic rings. The Morgan fingerprint density at radius 1 is 1.14 bits per heavy atom. The van der Waals surface area contributed by atoms with E-state index in [1.54, 1.807) is 4.90 Å². The van der Waals surface area contributed by atoms with Gasteiger partial charge in [0.05, 0.1) is 10.4 Å². The quantitative estimate of drug-likeness (QED) is 0.644. The SMILES string of the molecule is CCN=C1S/C(=C/c2cc3c(cc2C)N(CC)C(C)(C)C=C3C)C(=O)N1CC. The summed E-state index contributed by atoms with van der Waals surface area (Å²) in [6.45, 7) is 17.3. The van der Waals surface area contributed by atoms with Crippen molar-refractivity contribution in [1.29, 1.82) is 0 Å². The number of carbonyl (C=O) groups is 1. The minimum Gasteiger partial charge on any atom is -0.363 e. The van der Waals surface area contributed by atoms with Gasteiger partial charge < -0.3 is 4.90 Å². The molecule has 0 bridgehead atoms. The first-order valence-electron chi connectivity index (χ1n) is 10.1. The average molecular weight is 398 g/mol. The number of allylic oxidation sites excluding steroid dienone is 1. The third-order valence-electron chi connectivity index (χ3n) is 5.47. The summed E-state index contributed by atoms with van der Waals surface area (Å²) >= 11 is 1.49. The van der Waals surface area contributed by atoms with Gasteiger partial charge >= 0.3 is 0 Å². The third kappa shape index (κ3) is 3.52. The predicted octanol–water partition coefficient (Wildman–Crippen LogP) is 5.33. The Balaban J connectivity index is 2.07. The molecule has 0 radical (unpaired) electrons. The zero-order valence-electron chi connectivity index (χ0n) is 18.1. The summed E-state index contributed by atoms with van der Waals surface area (Å²) in [6.07, 6.45) is 4.37. The Morgan fingerprint density at radius 3 is 2.46 bits per heavy atom. The summed E-state index contributed by atoms with van der Waals surface area (Å²) in [4.78, 5) is 22.3. The van der Waals surface area contributed by atoms with Crippen LogP contribution in [0.1, 0.15) is 58.2 Å². The number of rotatable bonds is 4. The Labute approximate surface area is 173 Å². The van der Waals surface area contributed by atoms with E-state index in [1.807, 2.05) is 19.9 Å². The highest BCUT2D eigenvalue weighted by molar-refractivity contribution is 8.18. The molecule has 1 fully saturated rings. The summed E-state index contributed by atoms with van der Waals surface area (Å²) < 4.78 is 0. The molecule has 5 heteroatoms. The molecule has 1 saturated heterocycles. The molecule has 0 aromatic heterocycles. The molecule has 1 amide bonds. The molecule has 0 aliphatic carbocycles. The van der Waals surface area contributed by atoms with E-state index in [2.05, 4.69) is 62.7 Å². The lowest BCUT2D eigenvalue weighted by Crippen LogP contribution is -2.44. The van der Waals surface area contributed by atoms with Gasteiger partial charge in [-0.05, 0) is 95.1 Å². The standard InChI is InChI=1S/C23H31N3OS/c1-8-24-22-25(9-2)21(27)20(28-22)13-17-12-18-16(5)14-23(6,7)26(10-3)19(18)11-15(17)4/h11-14H,8-10H2,1-7H3/b20-13+,24-22?. The highest BCUT2D eigenvalue weighted by Gasteiger charge is 2.33. The number of fused-ring (bicyclic) bond motifs is 1. The molecule has 0 atom stereocenters. The second-order valence-electron chi connectivity index (χ2n) is 7.87. The molecule has 2 heterocycles. The second-order valence-corrected chi connectivity index (χ2v) is 8.88. The first kappa shape index (κ1) is 20.7. The predicted molar refractivity (Wildman–Crippen MR) is 123 cm³/mol. The Kier molecular flexibility index (Phi) is 5.76. The normalized spacial score (nSPS) is 21.5. The fourth-order valence-electron chi connectivity index (χ4n) is 4.16. The van der Waals surface area contributed by atoms with Crippen LogP contribution in [0.4, 0.5) is 5.69 Å². The second kappa shape index (κ2) is 7.78. The lowest BCUT2D eigenvalue weighted by Gasteiger charge is -2.43. The number of benzene rings is 1. The van der Waals surface area contributed by atoms with E-state index in [0.29, 0.717) is 13.1 Å². The number of carbonyl (C=O) groups excluding carboxylic acids is 1. The van der Waals surface area contributed by atoms with Gasteiger partial charge in [0.15, 0.2) is 5.17 Å². The zero-order valence-corrected chi connectivity index (χ0v) is 18.9. The van der Waals surface area contributed by atoms with E-state index >= 15 is 0 Å². The number of amides is 1. The number of hydrogen-bond acceptors (Lipinski definition) is 4. The highest BCUT2D eigenvalue weighted by atomic mass is 32.2. The molecule has 28 heavy (non-hydrogen) atoms. The molecule has 2 aliphatic heterocycles. The van der Waals surface area contributed by atoms with Crippen molar-refractivity contribution in [1.82, 2.24) is 4.90 Å². The number of hydrogen-bond donors (Lipinski definition) is 0. The Hall–Kier alpha value is -2.01. The number of likely N-dealkylation sites (N-methyl/N-ethyl adjacent to an activating group) is 2. The maximum atomic E-state index is 12.8. The number of aryl methyl sites for hydroxylation is 1. The van der Waals surface area contributed by atoms with Crippen LogP contribution in [-0.4, -0.2) is 41.1 Å². The maximum absolute atomic E-state index is 12.8. The van der Waals surface area contributed by atoms with Gasteiger partial charge in [0.1, 0.15) is 0 Å². The van der Waals surface area contributed by atoms with Crippen molar-refractivity contribution in [2.24, 2.45) is 4.99 Å². The minimum atomic E-state index is 0.00265. The highest BCUT2D eigenvalue weighted by Crippen LogP contribution is 2.41. The average Bonchev–Trinajstić information content (AvgIpc) is 2.91. The van der Waals surface area contributed by atoms with Gasteiger partial charge in [0.2, 0.25) is 0 Å². The summed E-state index contributed by atoms with van der Waals surface area (Å²) in [6, 6.07) is 4.51. The number of aliphatic imine (C=N–C) groups is 1. The van der Waals surface area contributed by atoms with Crippen molar-refractivity contribution in [3.8, 4) is 0 Å². The van der Waals surface area contributed by atoms with E-state index in [-0.39, 0.29) is 11.4 Å². The zero-order chi connectivity index (χ0) is 20.6. The van der Waals surface area contributed by atoms with Gasteiger partial charge in [-0.2, -0.15) is 0 Å². The number of amidine groups is 1. The van der Waals surface area contributed by atoms with Gasteiger partial charge in [-0.25, -0.2) is 0 Å². The van der Waals surface area contributed by atoms with Crippen LogP contribution < -0.4 is 4.90 Å². The van der Waals surface area contributed by atoms with Crippen molar-refractivity contribution >= 4 is 40.2 Å². The van der Waals surface area contributed by atoms with Crippen molar-refractivity contribution < 1.29 is 4.79 Å². The number of thioether (sulfide) groups is 1. The topological polar surface area (TPSA) is 35.9 Å². The molecular weight excluding hydrogens is 366 g/mol. The molecule has 150 valence electrons. The molecule has 0 unspecified atom stereocenters. The van der Waals surface area contributed by atoms with Gasteiger partial charge in [-0.15, -0.1) is 0 Å². The first-order chi connectivity index (χ1) is 13.2. The largest absolute Gasteiger partial charge is 0.363 e. The van der Waals surface area contributed by atoms with E-state index < -0.39 is 0 Å². The van der Waals surface area contributed by atoms with E-state index in [4.69, 9.17) is 0 Å². The summed E-state index contributed by atoms with van der Waals surface area (Å²) in [5, 5.41) is 0.812. The molecule has 2 aliphatic rings. The molecule has 3 rings (SSSR count). The fourth-order valence-corrected chi connectivity index (χ4v) is 5.26. The van der Waals surface area contributed by atoms with E-state index in [9.17, 15) is 4.79 Å². The van der Waals surface area contributed by atoms with E-state index in [0.717, 1.165) is 22.2 Å². The van der Waals surface area contributed by atoms with Crippen molar-refractivity contribution in [2.75, 3.05) is 24.5 Å². The molecule has 0 spiro atoms. The van der Waals surface area contributed by atoms with Crippen LogP contribution in [0.2, 0.25) is 0 Å². The molecular formula is C23H31N3OS. The number of nitrogens with zero attached hydrogens (tertiary/aromatic N) is 3. The molecule has 1 aromatic carbocycles. The van der Waals surface area contributed by atoms with Crippen molar-refractivity contribution in [3.63, 3.8) is 0 Å². The smallest absolute Gasteiger partial charge is 0.266 e. The monoisotopic (exact) mass is 397 g/mol. The van der Waals surface area contributed by atoms with Crippen LogP contribution in [0.25, 0.3) is 11.6 Å². The lowest BCUT2D eigenvalue weighted by atomic mass is 9.87. The first-order valence-corrected chi connectivity index (χ1v) is 10.9. The summed E-state index contributed by atoms with van der Waals surface area (Å²) in [5.41, 5.74) is 6.12. The Morgan fingerprint density at radius 2 is 1.86 bits per heavy atom. The lowest BCUT2D eigenvalue weighted by molar-refractivity contribution is -0.122. The van der Waals surface area contributed by atoms with Crippen molar-refractivity contribution in [3.05, 3.63) is 39.8 Å². The minimum absolute atomic E-state index is 0.00265. The van der Waals surface area contributed by atoms with E-state index in [1.165, 1.54) is 34.1 Å². The van der Waals surface area contributed by atoms with Crippen LogP contribution in [0.5, 0.6) is 0 Å². The van der Waals surface area contributed by atoms with Crippen LogP contribution in [0, 0.1) is 6.92 Å². The van der Waals surface area contributed by atoms with Gasteiger partial charge in [0, 0.05) is 30.9 Å². The van der Waals surface area contributed by atoms with Crippen molar-refractivity contribution in [2.45, 2.75) is 54.0 Å². The van der Waals surface area contributed by atoms with Gasteiger partial charge in [0.25, 0.3) is 5.91 Å². The Bertz CT molecular complexity index is 895. The van der Waals surface area contributed by atoms with Gasteiger partial charge in [-0.1, -0.05) is 6.08 Å².